The Morgan fingerprint density at radius 2 is 2.14 bits per heavy atom. The Kier molecular flexibility index (Phi) is 4.67. The second-order valence-corrected chi connectivity index (χ2v) is 5.44. The van der Waals surface area contributed by atoms with Crippen LogP contribution in [0.3, 0.4) is 0 Å². The Morgan fingerprint density at radius 3 is 2.81 bits per heavy atom. The maximum Gasteiger partial charge on any atom is 0.239 e. The lowest BCUT2D eigenvalue weighted by atomic mass is 10.2. The van der Waals surface area contributed by atoms with Crippen LogP contribution < -0.4 is 15.8 Å². The number of ether oxygens (including phenoxy) is 1. The molecule has 114 valence electrons. The van der Waals surface area contributed by atoms with Crippen molar-refractivity contribution in [1.29, 1.82) is 0 Å². The summed E-state index contributed by atoms with van der Waals surface area (Å²) in [5.41, 5.74) is 8.39. The first-order valence-electron chi connectivity index (χ1n) is 7.18. The summed E-state index contributed by atoms with van der Waals surface area (Å²) in [5.74, 6) is 1.59. The first-order chi connectivity index (χ1) is 9.99. The molecule has 0 aliphatic rings. The zero-order chi connectivity index (χ0) is 15.4. The number of hydrogen-bond acceptors (Lipinski definition) is 5. The maximum absolute atomic E-state index is 5.90. The first-order valence-corrected chi connectivity index (χ1v) is 7.18. The number of aryl methyl sites for hydroxylation is 2. The summed E-state index contributed by atoms with van der Waals surface area (Å²) in [4.78, 5) is 4.43. The molecule has 21 heavy (non-hydrogen) atoms. The molecule has 2 aromatic heterocycles. The minimum absolute atomic E-state index is 0.424. The van der Waals surface area contributed by atoms with Gasteiger partial charge in [0.1, 0.15) is 5.82 Å². The molecule has 0 spiro atoms. The van der Waals surface area contributed by atoms with Gasteiger partial charge >= 0.3 is 0 Å². The van der Waals surface area contributed by atoms with Crippen LogP contribution >= 0.6 is 0 Å². The quantitative estimate of drug-likeness (QED) is 0.855. The molecular formula is C15H23N5O. The number of anilines is 3. The van der Waals surface area contributed by atoms with Crippen LogP contribution in [0, 0.1) is 5.92 Å². The van der Waals surface area contributed by atoms with Gasteiger partial charge in [-0.25, -0.2) is 0 Å². The molecule has 0 aliphatic carbocycles. The number of nitrogens with two attached hydrogens (primary N) is 1. The fourth-order valence-corrected chi connectivity index (χ4v) is 1.92. The molecule has 0 radical (unpaired) electrons. The van der Waals surface area contributed by atoms with E-state index in [1.54, 1.807) is 10.7 Å². The van der Waals surface area contributed by atoms with Gasteiger partial charge in [-0.3, -0.25) is 4.68 Å². The summed E-state index contributed by atoms with van der Waals surface area (Å²) in [6, 6.07) is 3.64. The van der Waals surface area contributed by atoms with E-state index >= 15 is 0 Å². The number of nitrogens with zero attached hydrogens (tertiary/aromatic N) is 3. The molecular weight excluding hydrogens is 266 g/mol. The number of nitrogen functional groups attached to an aromatic ring is 1. The lowest BCUT2D eigenvalue weighted by Gasteiger charge is -2.12. The third-order valence-corrected chi connectivity index (χ3v) is 2.95. The number of hydrogen-bond donors (Lipinski definition) is 2. The van der Waals surface area contributed by atoms with E-state index in [1.807, 2.05) is 19.3 Å². The molecule has 0 saturated heterocycles. The molecule has 2 rings (SSSR count). The molecule has 0 aromatic carbocycles. The van der Waals surface area contributed by atoms with Crippen LogP contribution in [0.4, 0.5) is 17.2 Å². The normalized spacial score (nSPS) is 10.9. The molecule has 0 saturated carbocycles. The van der Waals surface area contributed by atoms with Crippen LogP contribution in [-0.2, 0) is 13.5 Å². The van der Waals surface area contributed by atoms with Gasteiger partial charge in [-0.2, -0.15) is 10.1 Å². The number of pyridine rings is 1. The number of aromatic nitrogens is 3. The minimum atomic E-state index is 0.424. The van der Waals surface area contributed by atoms with Crippen LogP contribution in [0.15, 0.2) is 18.3 Å². The van der Waals surface area contributed by atoms with Crippen molar-refractivity contribution < 1.29 is 4.74 Å². The fraction of sp³-hybridized carbons (Fsp3) is 0.467. The highest BCUT2D eigenvalue weighted by molar-refractivity contribution is 5.61. The van der Waals surface area contributed by atoms with Crippen LogP contribution in [-0.4, -0.2) is 21.4 Å². The highest BCUT2D eigenvalue weighted by atomic mass is 16.5. The largest absolute Gasteiger partial charge is 0.476 e. The average Bonchev–Trinajstić information content (AvgIpc) is 2.79. The Balaban J connectivity index is 2.18. The second-order valence-electron chi connectivity index (χ2n) is 5.44. The van der Waals surface area contributed by atoms with E-state index < -0.39 is 0 Å². The van der Waals surface area contributed by atoms with Gasteiger partial charge in [-0.1, -0.05) is 20.8 Å². The van der Waals surface area contributed by atoms with Crippen molar-refractivity contribution in [1.82, 2.24) is 14.8 Å². The van der Waals surface area contributed by atoms with Gasteiger partial charge in [0, 0.05) is 13.2 Å². The van der Waals surface area contributed by atoms with Crippen molar-refractivity contribution >= 4 is 17.2 Å². The van der Waals surface area contributed by atoms with Crippen molar-refractivity contribution in [2.24, 2.45) is 13.0 Å². The summed E-state index contributed by atoms with van der Waals surface area (Å²) in [7, 11) is 1.90. The van der Waals surface area contributed by atoms with E-state index in [1.165, 1.54) is 0 Å². The zero-order valence-electron chi connectivity index (χ0n) is 13.1. The van der Waals surface area contributed by atoms with E-state index in [-0.39, 0.29) is 0 Å². The highest BCUT2D eigenvalue weighted by Crippen LogP contribution is 2.25. The molecule has 3 N–H and O–H groups in total. The molecule has 0 atom stereocenters. The van der Waals surface area contributed by atoms with E-state index in [4.69, 9.17) is 10.5 Å². The van der Waals surface area contributed by atoms with Crippen molar-refractivity contribution in [3.63, 3.8) is 0 Å². The maximum atomic E-state index is 5.90. The summed E-state index contributed by atoms with van der Waals surface area (Å²) < 4.78 is 7.43. The Morgan fingerprint density at radius 1 is 1.38 bits per heavy atom. The summed E-state index contributed by atoms with van der Waals surface area (Å²) in [5, 5.41) is 7.66. The van der Waals surface area contributed by atoms with E-state index in [0.29, 0.717) is 29.9 Å². The molecule has 6 heteroatoms. The summed E-state index contributed by atoms with van der Waals surface area (Å²) >= 11 is 0. The summed E-state index contributed by atoms with van der Waals surface area (Å²) in [6.07, 6.45) is 2.79. The third-order valence-electron chi connectivity index (χ3n) is 2.95. The molecule has 6 nitrogen and oxygen atoms in total. The van der Waals surface area contributed by atoms with Crippen molar-refractivity contribution in [2.45, 2.75) is 27.2 Å². The monoisotopic (exact) mass is 289 g/mol. The predicted octanol–water partition coefficient (Wildman–Crippen LogP) is 2.74. The molecule has 0 bridgehead atoms. The fourth-order valence-electron chi connectivity index (χ4n) is 1.92. The van der Waals surface area contributed by atoms with Gasteiger partial charge in [0.05, 0.1) is 23.7 Å². The highest BCUT2D eigenvalue weighted by Gasteiger charge is 2.09. The standard InChI is InChI=1S/C15H23N5O/c1-5-12-13(8-20(4)19-12)17-14-7-6-11(16)15(18-14)21-9-10(2)3/h6-8,10H,5,9,16H2,1-4H3,(H,17,18). The van der Waals surface area contributed by atoms with Crippen molar-refractivity contribution in [3.05, 3.63) is 24.0 Å². The summed E-state index contributed by atoms with van der Waals surface area (Å²) in [6.45, 7) is 6.83. The van der Waals surface area contributed by atoms with Crippen LogP contribution in [0.1, 0.15) is 26.5 Å². The van der Waals surface area contributed by atoms with E-state index in [0.717, 1.165) is 17.8 Å². The molecule has 2 aromatic rings. The van der Waals surface area contributed by atoms with Gasteiger partial charge in [0.2, 0.25) is 5.88 Å². The van der Waals surface area contributed by atoms with Crippen molar-refractivity contribution in [2.75, 3.05) is 17.7 Å². The third kappa shape index (κ3) is 3.87. The average molecular weight is 289 g/mol. The molecule has 0 unspecified atom stereocenters. The lowest BCUT2D eigenvalue weighted by molar-refractivity contribution is 0.263. The topological polar surface area (TPSA) is 78.0 Å². The first kappa shape index (κ1) is 15.2. The number of nitrogens with one attached hydrogen (secondary N) is 1. The Hall–Kier alpha value is -2.24. The van der Waals surface area contributed by atoms with Gasteiger partial charge in [0.15, 0.2) is 0 Å². The van der Waals surface area contributed by atoms with E-state index in [2.05, 4.69) is 36.2 Å². The Labute approximate surface area is 125 Å². The van der Waals surface area contributed by atoms with Crippen molar-refractivity contribution in [3.8, 4) is 5.88 Å². The molecule has 0 amide bonds. The van der Waals surface area contributed by atoms with Gasteiger partial charge in [0.25, 0.3) is 0 Å². The van der Waals surface area contributed by atoms with Crippen LogP contribution in [0.2, 0.25) is 0 Å². The molecule has 2 heterocycles. The molecule has 0 aliphatic heterocycles. The zero-order valence-corrected chi connectivity index (χ0v) is 13.1. The SMILES string of the molecule is CCc1nn(C)cc1Nc1ccc(N)c(OCC(C)C)n1. The van der Waals surface area contributed by atoms with Gasteiger partial charge in [-0.05, 0) is 24.5 Å². The van der Waals surface area contributed by atoms with Gasteiger partial charge < -0.3 is 15.8 Å². The van der Waals surface area contributed by atoms with Gasteiger partial charge in [-0.15, -0.1) is 0 Å². The van der Waals surface area contributed by atoms with Crippen LogP contribution in [0.25, 0.3) is 0 Å². The van der Waals surface area contributed by atoms with E-state index in [9.17, 15) is 0 Å². The minimum Gasteiger partial charge on any atom is -0.476 e. The second kappa shape index (κ2) is 6.47. The smallest absolute Gasteiger partial charge is 0.239 e. The Bertz CT molecular complexity index is 606. The predicted molar refractivity (Wildman–Crippen MR) is 84.9 cm³/mol. The lowest BCUT2D eigenvalue weighted by Crippen LogP contribution is -2.08. The van der Waals surface area contributed by atoms with Crippen LogP contribution in [0.5, 0.6) is 5.88 Å². The molecule has 0 fully saturated rings. The number of rotatable bonds is 6.